The molecule has 0 aliphatic carbocycles. The number of carboxylic acids is 1. The number of aliphatic carboxylic acids is 1. The van der Waals surface area contributed by atoms with E-state index in [1.807, 2.05) is 6.92 Å². The Labute approximate surface area is 67.0 Å². The van der Waals surface area contributed by atoms with Crippen LogP contribution in [0.5, 0.6) is 0 Å². The van der Waals surface area contributed by atoms with Crippen molar-refractivity contribution in [1.29, 1.82) is 0 Å². The summed E-state index contributed by atoms with van der Waals surface area (Å²) in [5.74, 6) is -1.32. The lowest BCUT2D eigenvalue weighted by Gasteiger charge is -2.22. The lowest BCUT2D eigenvalue weighted by Crippen LogP contribution is -2.28. The predicted octanol–water partition coefficient (Wildman–Crippen LogP) is 1.26. The Morgan fingerprint density at radius 1 is 1.64 bits per heavy atom. The van der Waals surface area contributed by atoms with Crippen molar-refractivity contribution >= 4 is 5.97 Å². The van der Waals surface area contributed by atoms with Gasteiger partial charge in [0, 0.05) is 0 Å². The topological polar surface area (TPSA) is 57.5 Å². The van der Waals surface area contributed by atoms with Crippen molar-refractivity contribution in [3.05, 3.63) is 0 Å². The molecule has 3 heteroatoms. The van der Waals surface area contributed by atoms with Crippen LogP contribution in [-0.4, -0.2) is 21.8 Å². The maximum Gasteiger partial charge on any atom is 0.306 e. The molecule has 0 aliphatic rings. The molecule has 2 atom stereocenters. The zero-order valence-corrected chi connectivity index (χ0v) is 7.29. The molecule has 0 aromatic carbocycles. The maximum atomic E-state index is 10.4. The molecule has 0 saturated carbocycles. The Balaban J connectivity index is 3.93. The van der Waals surface area contributed by atoms with Gasteiger partial charge in [-0.05, 0) is 19.8 Å². The van der Waals surface area contributed by atoms with E-state index in [1.165, 1.54) is 0 Å². The summed E-state index contributed by atoms with van der Waals surface area (Å²) < 4.78 is 0. The molecule has 0 saturated heterocycles. The van der Waals surface area contributed by atoms with Crippen molar-refractivity contribution < 1.29 is 15.0 Å². The fourth-order valence-electron chi connectivity index (χ4n) is 0.891. The third-order valence-electron chi connectivity index (χ3n) is 1.93. The quantitative estimate of drug-likeness (QED) is 0.651. The highest BCUT2D eigenvalue weighted by Crippen LogP contribution is 2.19. The van der Waals surface area contributed by atoms with Crippen LogP contribution in [0.3, 0.4) is 0 Å². The van der Waals surface area contributed by atoms with Crippen LogP contribution in [0.2, 0.25) is 0 Å². The van der Waals surface area contributed by atoms with Crippen LogP contribution in [0.4, 0.5) is 0 Å². The summed E-state index contributed by atoms with van der Waals surface area (Å²) >= 11 is 0. The molecule has 0 spiro atoms. The molecule has 3 nitrogen and oxygen atoms in total. The molecule has 2 N–H and O–H groups in total. The average molecular weight is 160 g/mol. The molecular formula is C8H16O3. The molecule has 66 valence electrons. The van der Waals surface area contributed by atoms with E-state index in [2.05, 4.69) is 0 Å². The molecule has 0 bridgehead atoms. The van der Waals surface area contributed by atoms with E-state index in [1.54, 1.807) is 13.8 Å². The molecule has 0 rings (SSSR count). The van der Waals surface area contributed by atoms with E-state index in [0.29, 0.717) is 12.8 Å². The predicted molar refractivity (Wildman–Crippen MR) is 42.3 cm³/mol. The van der Waals surface area contributed by atoms with Crippen molar-refractivity contribution in [1.82, 2.24) is 0 Å². The number of rotatable bonds is 4. The Kier molecular flexibility index (Phi) is 3.52. The van der Waals surface area contributed by atoms with Gasteiger partial charge in [-0.3, -0.25) is 4.79 Å². The van der Waals surface area contributed by atoms with E-state index < -0.39 is 17.5 Å². The highest BCUT2D eigenvalue weighted by atomic mass is 16.4. The molecule has 11 heavy (non-hydrogen) atoms. The molecule has 0 radical (unpaired) electrons. The van der Waals surface area contributed by atoms with Gasteiger partial charge >= 0.3 is 5.97 Å². The smallest absolute Gasteiger partial charge is 0.306 e. The van der Waals surface area contributed by atoms with Gasteiger partial charge in [0.05, 0.1) is 11.5 Å². The van der Waals surface area contributed by atoms with Crippen LogP contribution >= 0.6 is 0 Å². The first kappa shape index (κ1) is 10.4. The lowest BCUT2D eigenvalue weighted by molar-refractivity contribution is -0.143. The summed E-state index contributed by atoms with van der Waals surface area (Å²) in [4.78, 5) is 10.4. The summed E-state index contributed by atoms with van der Waals surface area (Å²) in [6, 6.07) is 0. The summed E-state index contributed by atoms with van der Waals surface area (Å²) in [7, 11) is 0. The molecule has 0 amide bonds. The highest BCUT2D eigenvalue weighted by Gasteiger charge is 2.24. The Bertz CT molecular complexity index is 140. The summed E-state index contributed by atoms with van der Waals surface area (Å²) in [6.07, 6.45) is 0.906. The van der Waals surface area contributed by atoms with Gasteiger partial charge in [-0.15, -0.1) is 0 Å². The normalized spacial score (nSPS) is 18.9. The summed E-state index contributed by atoms with van der Waals surface area (Å²) in [5.41, 5.74) is -0.836. The van der Waals surface area contributed by atoms with Crippen molar-refractivity contribution in [3.8, 4) is 0 Å². The van der Waals surface area contributed by atoms with E-state index >= 15 is 0 Å². The van der Waals surface area contributed by atoms with E-state index in [0.717, 1.165) is 0 Å². The average Bonchev–Trinajstić information content (AvgIpc) is 1.87. The first-order chi connectivity index (χ1) is 4.89. The van der Waals surface area contributed by atoms with Crippen LogP contribution in [-0.2, 0) is 4.79 Å². The van der Waals surface area contributed by atoms with Gasteiger partial charge in [0.2, 0.25) is 0 Å². The molecule has 0 aliphatic heterocycles. The molecule has 2 unspecified atom stereocenters. The fourth-order valence-corrected chi connectivity index (χ4v) is 0.891. The van der Waals surface area contributed by atoms with Crippen LogP contribution in [0, 0.1) is 5.92 Å². The minimum Gasteiger partial charge on any atom is -0.481 e. The second-order valence-electron chi connectivity index (χ2n) is 3.29. The number of aliphatic hydroxyl groups is 1. The molecule has 0 heterocycles. The van der Waals surface area contributed by atoms with Crippen molar-refractivity contribution in [2.45, 2.75) is 39.2 Å². The second-order valence-corrected chi connectivity index (χ2v) is 3.29. The van der Waals surface area contributed by atoms with Gasteiger partial charge in [0.1, 0.15) is 0 Å². The van der Waals surface area contributed by atoms with Gasteiger partial charge in [0.15, 0.2) is 0 Å². The third kappa shape index (κ3) is 3.98. The minimum atomic E-state index is -0.848. The highest BCUT2D eigenvalue weighted by molar-refractivity contribution is 5.69. The van der Waals surface area contributed by atoms with Crippen molar-refractivity contribution in [2.24, 2.45) is 5.92 Å². The third-order valence-corrected chi connectivity index (χ3v) is 1.93. The summed E-state index contributed by atoms with van der Waals surface area (Å²) in [5, 5.41) is 18.0. The van der Waals surface area contributed by atoms with Gasteiger partial charge in [0.25, 0.3) is 0 Å². The van der Waals surface area contributed by atoms with Crippen molar-refractivity contribution in [2.75, 3.05) is 0 Å². The second kappa shape index (κ2) is 3.72. The first-order valence-electron chi connectivity index (χ1n) is 3.84. The summed E-state index contributed by atoms with van der Waals surface area (Å²) in [6.45, 7) is 5.10. The SMILES string of the molecule is CCC(C)(O)CC(C)C(=O)O. The van der Waals surface area contributed by atoms with Crippen LogP contribution in [0.25, 0.3) is 0 Å². The Morgan fingerprint density at radius 3 is 2.36 bits per heavy atom. The van der Waals surface area contributed by atoms with E-state index in [9.17, 15) is 9.90 Å². The standard InChI is InChI=1S/C8H16O3/c1-4-8(3,11)5-6(2)7(9)10/h6,11H,4-5H2,1-3H3,(H,9,10). The fraction of sp³-hybridized carbons (Fsp3) is 0.875. The molecular weight excluding hydrogens is 144 g/mol. The van der Waals surface area contributed by atoms with Gasteiger partial charge < -0.3 is 10.2 Å². The number of hydrogen-bond acceptors (Lipinski definition) is 2. The zero-order valence-electron chi connectivity index (χ0n) is 7.29. The lowest BCUT2D eigenvalue weighted by atomic mass is 9.91. The van der Waals surface area contributed by atoms with E-state index in [-0.39, 0.29) is 0 Å². The van der Waals surface area contributed by atoms with Crippen LogP contribution in [0.1, 0.15) is 33.6 Å². The number of hydrogen-bond donors (Lipinski definition) is 2. The van der Waals surface area contributed by atoms with E-state index in [4.69, 9.17) is 5.11 Å². The number of carbonyl (C=O) groups is 1. The van der Waals surface area contributed by atoms with Crippen molar-refractivity contribution in [3.63, 3.8) is 0 Å². The Hall–Kier alpha value is -0.570. The largest absolute Gasteiger partial charge is 0.481 e. The van der Waals surface area contributed by atoms with Crippen LogP contribution < -0.4 is 0 Å². The Morgan fingerprint density at radius 2 is 2.09 bits per heavy atom. The van der Waals surface area contributed by atoms with Gasteiger partial charge in [-0.2, -0.15) is 0 Å². The van der Waals surface area contributed by atoms with Crippen LogP contribution in [0.15, 0.2) is 0 Å². The molecule has 0 fully saturated rings. The monoisotopic (exact) mass is 160 g/mol. The minimum absolute atomic E-state index is 0.318. The first-order valence-corrected chi connectivity index (χ1v) is 3.84. The maximum absolute atomic E-state index is 10.4. The number of carboxylic acid groups (broad SMARTS) is 1. The molecule has 0 aromatic heterocycles. The van der Waals surface area contributed by atoms with Gasteiger partial charge in [-0.25, -0.2) is 0 Å². The molecule has 0 aromatic rings. The van der Waals surface area contributed by atoms with Gasteiger partial charge in [-0.1, -0.05) is 13.8 Å². The zero-order chi connectivity index (χ0) is 9.07.